The van der Waals surface area contributed by atoms with Crippen molar-refractivity contribution in [1.82, 2.24) is 15.1 Å². The van der Waals surface area contributed by atoms with Crippen molar-refractivity contribution in [3.8, 4) is 0 Å². The Bertz CT molecular complexity index is 846. The minimum Gasteiger partial charge on any atom is -0.480 e. The maximum atomic E-state index is 13.8. The van der Waals surface area contributed by atoms with Crippen LogP contribution in [0.15, 0.2) is 30.3 Å². The van der Waals surface area contributed by atoms with Crippen molar-refractivity contribution in [1.29, 1.82) is 0 Å². The zero-order valence-corrected chi connectivity index (χ0v) is 23.4. The molecule has 0 radical (unpaired) electrons. The van der Waals surface area contributed by atoms with Crippen LogP contribution in [0.25, 0.3) is 0 Å². The molecular formula is C28H47N3O4. The van der Waals surface area contributed by atoms with Gasteiger partial charge in [0.15, 0.2) is 0 Å². The minimum absolute atomic E-state index is 0.0998. The first-order valence-electron chi connectivity index (χ1n) is 12.6. The van der Waals surface area contributed by atoms with Crippen molar-refractivity contribution in [2.45, 2.75) is 79.3 Å². The molecule has 3 atom stereocenters. The largest absolute Gasteiger partial charge is 0.480 e. The van der Waals surface area contributed by atoms with Crippen LogP contribution in [0.5, 0.6) is 0 Å². The minimum atomic E-state index is -0.907. The second-order valence-electron chi connectivity index (χ2n) is 11.7. The Morgan fingerprint density at radius 2 is 1.54 bits per heavy atom. The lowest BCUT2D eigenvalue weighted by molar-refractivity contribution is -0.143. The summed E-state index contributed by atoms with van der Waals surface area (Å²) >= 11 is 0. The molecule has 198 valence electrons. The van der Waals surface area contributed by atoms with Crippen LogP contribution in [0.1, 0.15) is 67.4 Å². The van der Waals surface area contributed by atoms with E-state index in [1.165, 1.54) is 0 Å². The summed E-state index contributed by atoms with van der Waals surface area (Å²) in [6.45, 7) is 16.4. The fourth-order valence-electron chi connectivity index (χ4n) is 4.75. The number of likely N-dealkylation sites (N-methyl/N-ethyl adjacent to an activating group) is 2. The van der Waals surface area contributed by atoms with Gasteiger partial charge in [-0.2, -0.15) is 0 Å². The van der Waals surface area contributed by atoms with E-state index in [9.17, 15) is 14.4 Å². The van der Waals surface area contributed by atoms with E-state index in [1.807, 2.05) is 71.9 Å². The number of aliphatic carboxylic acids is 1. The highest BCUT2D eigenvalue weighted by Gasteiger charge is 2.41. The van der Waals surface area contributed by atoms with E-state index in [0.717, 1.165) is 5.56 Å². The molecule has 1 rings (SSSR count). The average Bonchev–Trinajstić information content (AvgIpc) is 2.74. The van der Waals surface area contributed by atoms with Gasteiger partial charge in [-0.05, 0) is 30.4 Å². The van der Waals surface area contributed by atoms with Crippen LogP contribution in [0.4, 0.5) is 0 Å². The Hall–Kier alpha value is -2.41. The van der Waals surface area contributed by atoms with Crippen molar-refractivity contribution in [2.24, 2.45) is 17.3 Å². The maximum absolute atomic E-state index is 13.8. The molecule has 0 aromatic heterocycles. The number of carbonyl (C=O) groups is 3. The number of carboxylic acids is 1. The number of hydrogen-bond donors (Lipinski definition) is 2. The topological polar surface area (TPSA) is 90.0 Å². The van der Waals surface area contributed by atoms with Crippen LogP contribution >= 0.6 is 0 Å². The van der Waals surface area contributed by atoms with Gasteiger partial charge in [0.25, 0.3) is 0 Å². The first-order valence-corrected chi connectivity index (χ1v) is 12.6. The van der Waals surface area contributed by atoms with Gasteiger partial charge in [-0.3, -0.25) is 19.3 Å². The molecule has 35 heavy (non-hydrogen) atoms. The molecular weight excluding hydrogens is 442 g/mol. The Labute approximate surface area is 212 Å². The SMILES string of the molecule is CC[C@H](C(=O)N[C@H](C(=O)N(C)[C@H](CN(C)CC(=O)O)C(C)C)C(C)(C)C)C(C)(C)c1ccccc1. The summed E-state index contributed by atoms with van der Waals surface area (Å²) < 4.78 is 0. The number of rotatable bonds is 12. The van der Waals surface area contributed by atoms with Crippen molar-refractivity contribution in [3.05, 3.63) is 35.9 Å². The molecule has 0 saturated carbocycles. The van der Waals surface area contributed by atoms with E-state index in [2.05, 4.69) is 19.2 Å². The molecule has 1 aromatic rings. The highest BCUT2D eigenvalue weighted by Crippen LogP contribution is 2.34. The van der Waals surface area contributed by atoms with Crippen molar-refractivity contribution >= 4 is 17.8 Å². The predicted molar refractivity (Wildman–Crippen MR) is 141 cm³/mol. The molecule has 1 aromatic carbocycles. The van der Waals surface area contributed by atoms with E-state index in [-0.39, 0.29) is 36.2 Å². The third-order valence-corrected chi connectivity index (χ3v) is 7.03. The zero-order valence-electron chi connectivity index (χ0n) is 23.4. The fraction of sp³-hybridized carbons (Fsp3) is 0.679. The summed E-state index contributed by atoms with van der Waals surface area (Å²) in [4.78, 5) is 41.9. The maximum Gasteiger partial charge on any atom is 0.317 e. The first kappa shape index (κ1) is 30.6. The number of nitrogens with one attached hydrogen (secondary N) is 1. The molecule has 0 spiro atoms. The zero-order chi connectivity index (χ0) is 27.1. The summed E-state index contributed by atoms with van der Waals surface area (Å²) in [6.07, 6.45) is 0.642. The quantitative estimate of drug-likeness (QED) is 0.463. The molecule has 0 saturated heterocycles. The van der Waals surface area contributed by atoms with Crippen LogP contribution in [0.2, 0.25) is 0 Å². The van der Waals surface area contributed by atoms with Gasteiger partial charge in [0.2, 0.25) is 11.8 Å². The van der Waals surface area contributed by atoms with Gasteiger partial charge >= 0.3 is 5.97 Å². The van der Waals surface area contributed by atoms with Gasteiger partial charge in [0.1, 0.15) is 6.04 Å². The lowest BCUT2D eigenvalue weighted by atomic mass is 9.71. The molecule has 7 nitrogen and oxygen atoms in total. The number of nitrogens with zero attached hydrogens (tertiary/aromatic N) is 2. The molecule has 0 unspecified atom stereocenters. The van der Waals surface area contributed by atoms with E-state index in [1.54, 1.807) is 23.9 Å². The molecule has 0 aliphatic carbocycles. The van der Waals surface area contributed by atoms with Gasteiger partial charge in [-0.15, -0.1) is 0 Å². The molecule has 0 aliphatic rings. The van der Waals surface area contributed by atoms with E-state index < -0.39 is 22.8 Å². The summed E-state index contributed by atoms with van der Waals surface area (Å²) in [5, 5.41) is 12.2. The van der Waals surface area contributed by atoms with Crippen LogP contribution in [-0.2, 0) is 19.8 Å². The number of carbonyl (C=O) groups excluding carboxylic acids is 2. The van der Waals surface area contributed by atoms with Crippen molar-refractivity contribution in [3.63, 3.8) is 0 Å². The Morgan fingerprint density at radius 1 is 1.00 bits per heavy atom. The molecule has 0 bridgehead atoms. The Kier molecular flexibility index (Phi) is 11.0. The van der Waals surface area contributed by atoms with E-state index >= 15 is 0 Å². The van der Waals surface area contributed by atoms with Crippen LogP contribution in [0, 0.1) is 17.3 Å². The standard InChI is InChI=1S/C28H47N3O4/c1-11-21(28(7,8)20-15-13-12-14-16-20)25(34)29-24(27(4,5)6)26(35)31(10)22(19(2)3)17-30(9)18-23(32)33/h12-16,19,21-22,24H,11,17-18H2,1-10H3,(H,29,34)(H,32,33)/t21-,22-,24-/m1/s1. The third-order valence-electron chi connectivity index (χ3n) is 7.03. The Balaban J connectivity index is 3.19. The number of amides is 2. The summed E-state index contributed by atoms with van der Waals surface area (Å²) in [6, 6.07) is 9.08. The van der Waals surface area contributed by atoms with Gasteiger partial charge < -0.3 is 15.3 Å². The lowest BCUT2D eigenvalue weighted by Gasteiger charge is -2.41. The fourth-order valence-corrected chi connectivity index (χ4v) is 4.75. The second kappa shape index (κ2) is 12.5. The van der Waals surface area contributed by atoms with Gasteiger partial charge in [0.05, 0.1) is 6.54 Å². The van der Waals surface area contributed by atoms with E-state index in [4.69, 9.17) is 5.11 Å². The number of hydrogen-bond acceptors (Lipinski definition) is 4. The predicted octanol–water partition coefficient (Wildman–Crippen LogP) is 4.02. The van der Waals surface area contributed by atoms with Crippen LogP contribution < -0.4 is 5.32 Å². The highest BCUT2D eigenvalue weighted by molar-refractivity contribution is 5.90. The third kappa shape index (κ3) is 8.34. The number of benzene rings is 1. The number of carboxylic acid groups (broad SMARTS) is 1. The van der Waals surface area contributed by atoms with Crippen molar-refractivity contribution in [2.75, 3.05) is 27.2 Å². The molecule has 0 aliphatic heterocycles. The van der Waals surface area contributed by atoms with E-state index in [0.29, 0.717) is 13.0 Å². The van der Waals surface area contributed by atoms with Crippen molar-refractivity contribution < 1.29 is 19.5 Å². The molecule has 2 N–H and O–H groups in total. The smallest absolute Gasteiger partial charge is 0.317 e. The lowest BCUT2D eigenvalue weighted by Crippen LogP contribution is -2.59. The molecule has 2 amide bonds. The highest BCUT2D eigenvalue weighted by atomic mass is 16.4. The van der Waals surface area contributed by atoms with Gasteiger partial charge in [-0.25, -0.2) is 0 Å². The second-order valence-corrected chi connectivity index (χ2v) is 11.7. The van der Waals surface area contributed by atoms with Gasteiger partial charge in [-0.1, -0.05) is 85.7 Å². The normalized spacial score (nSPS) is 15.0. The van der Waals surface area contributed by atoms with Crippen LogP contribution in [-0.4, -0.2) is 72.0 Å². The molecule has 0 fully saturated rings. The van der Waals surface area contributed by atoms with Crippen LogP contribution in [0.3, 0.4) is 0 Å². The monoisotopic (exact) mass is 489 g/mol. The Morgan fingerprint density at radius 3 is 1.97 bits per heavy atom. The average molecular weight is 490 g/mol. The molecule has 7 heteroatoms. The molecule has 0 heterocycles. The summed E-state index contributed by atoms with van der Waals surface area (Å²) in [7, 11) is 3.49. The summed E-state index contributed by atoms with van der Waals surface area (Å²) in [5.41, 5.74) is 0.168. The first-order chi connectivity index (χ1) is 16.0. The summed E-state index contributed by atoms with van der Waals surface area (Å²) in [5.74, 6) is -1.41. The van der Waals surface area contributed by atoms with Gasteiger partial charge in [0, 0.05) is 31.0 Å².